The van der Waals surface area contributed by atoms with Crippen molar-refractivity contribution in [3.05, 3.63) is 70.9 Å². The van der Waals surface area contributed by atoms with E-state index in [2.05, 4.69) is 78.9 Å². The third kappa shape index (κ3) is 7.19. The number of carbonyl (C=O) groups excluding carboxylic acids is 1. The third-order valence-corrected chi connectivity index (χ3v) is 5.34. The summed E-state index contributed by atoms with van der Waals surface area (Å²) >= 11 is 1.69. The Balaban J connectivity index is 1.98. The molecular formula is C22H31N3OS. The van der Waals surface area contributed by atoms with Crippen LogP contribution in [0.5, 0.6) is 0 Å². The van der Waals surface area contributed by atoms with E-state index in [1.807, 2.05) is 11.0 Å². The van der Waals surface area contributed by atoms with E-state index in [0.29, 0.717) is 13.1 Å². The van der Waals surface area contributed by atoms with Gasteiger partial charge in [0.05, 0.1) is 0 Å². The molecule has 1 aromatic heterocycles. The maximum absolute atomic E-state index is 12.8. The predicted molar refractivity (Wildman–Crippen MR) is 115 cm³/mol. The third-order valence-electron chi connectivity index (χ3n) is 4.60. The highest BCUT2D eigenvalue weighted by molar-refractivity contribution is 7.07. The molecule has 0 saturated heterocycles. The van der Waals surface area contributed by atoms with E-state index < -0.39 is 0 Å². The van der Waals surface area contributed by atoms with Gasteiger partial charge in [-0.1, -0.05) is 36.4 Å². The van der Waals surface area contributed by atoms with Gasteiger partial charge >= 0.3 is 6.03 Å². The maximum Gasteiger partial charge on any atom is 0.317 e. The molecule has 2 amide bonds. The predicted octanol–water partition coefficient (Wildman–Crippen LogP) is 4.05. The van der Waals surface area contributed by atoms with E-state index in [9.17, 15) is 4.79 Å². The summed E-state index contributed by atoms with van der Waals surface area (Å²) in [6.07, 6.45) is 3.54. The first-order valence-electron chi connectivity index (χ1n) is 9.37. The minimum absolute atomic E-state index is 0.0301. The average Bonchev–Trinajstić information content (AvgIpc) is 3.14. The van der Waals surface area contributed by atoms with Crippen LogP contribution in [0.15, 0.2) is 59.8 Å². The molecule has 1 aromatic carbocycles. The smallest absolute Gasteiger partial charge is 0.317 e. The van der Waals surface area contributed by atoms with Crippen LogP contribution in [0.3, 0.4) is 0 Å². The van der Waals surface area contributed by atoms with Crippen molar-refractivity contribution in [3.8, 4) is 0 Å². The first-order chi connectivity index (χ1) is 13.0. The molecule has 27 heavy (non-hydrogen) atoms. The van der Waals surface area contributed by atoms with Crippen molar-refractivity contribution in [1.29, 1.82) is 0 Å². The number of thiophene rings is 1. The summed E-state index contributed by atoms with van der Waals surface area (Å²) in [6, 6.07) is 12.8. The summed E-state index contributed by atoms with van der Waals surface area (Å²) in [5.41, 5.74) is 2.54. The lowest BCUT2D eigenvalue weighted by Crippen LogP contribution is -2.50. The van der Waals surface area contributed by atoms with Gasteiger partial charge in [0.15, 0.2) is 0 Å². The number of carbonyl (C=O) groups is 1. The van der Waals surface area contributed by atoms with Crippen molar-refractivity contribution < 1.29 is 4.79 Å². The Hall–Kier alpha value is -2.11. The quantitative estimate of drug-likeness (QED) is 0.626. The fraction of sp³-hybridized carbons (Fsp3) is 0.409. The fourth-order valence-corrected chi connectivity index (χ4v) is 3.74. The molecule has 0 fully saturated rings. The van der Waals surface area contributed by atoms with E-state index in [1.165, 1.54) is 11.1 Å². The molecule has 2 aromatic rings. The number of nitrogens with zero attached hydrogens (tertiary/aromatic N) is 2. The summed E-state index contributed by atoms with van der Waals surface area (Å²) in [5.74, 6) is 0. The van der Waals surface area contributed by atoms with Gasteiger partial charge in [-0.25, -0.2) is 4.79 Å². The topological polar surface area (TPSA) is 35.6 Å². The second-order valence-corrected chi connectivity index (χ2v) is 7.97. The standard InChI is InChI=1S/C22H31N3OS/c1-5-12-25(22(26)23-18(2)14-20-11-13-27-17-20)16-21(24(3)4)15-19-9-7-6-8-10-19/h5-11,13,17-18,21H,1,12,14-16H2,2-4H3,(H,23,26)/t18?,21-/m0/s1. The molecule has 0 spiro atoms. The highest BCUT2D eigenvalue weighted by atomic mass is 32.1. The van der Waals surface area contributed by atoms with Gasteiger partial charge in [-0.15, -0.1) is 6.58 Å². The summed E-state index contributed by atoms with van der Waals surface area (Å²) in [6.45, 7) is 7.07. The van der Waals surface area contributed by atoms with E-state index in [0.717, 1.165) is 12.8 Å². The second kappa shape index (κ2) is 10.9. The number of benzene rings is 1. The SMILES string of the molecule is C=CCN(C[C@H](Cc1ccccc1)N(C)C)C(=O)NC(C)Cc1ccsc1. The normalized spacial score (nSPS) is 13.2. The molecule has 0 saturated carbocycles. The largest absolute Gasteiger partial charge is 0.335 e. The van der Waals surface area contributed by atoms with Crippen LogP contribution in [0, 0.1) is 0 Å². The van der Waals surface area contributed by atoms with Crippen molar-refractivity contribution in [2.75, 3.05) is 27.2 Å². The van der Waals surface area contributed by atoms with Crippen LogP contribution in [0.4, 0.5) is 4.79 Å². The van der Waals surface area contributed by atoms with Gasteiger partial charge in [-0.05, 0) is 61.8 Å². The van der Waals surface area contributed by atoms with E-state index in [1.54, 1.807) is 17.4 Å². The van der Waals surface area contributed by atoms with Gasteiger partial charge < -0.3 is 15.1 Å². The van der Waals surface area contributed by atoms with Crippen molar-refractivity contribution in [1.82, 2.24) is 15.1 Å². The molecule has 1 unspecified atom stereocenters. The Morgan fingerprint density at radius 2 is 1.93 bits per heavy atom. The second-order valence-electron chi connectivity index (χ2n) is 7.19. The molecule has 0 bridgehead atoms. The fourth-order valence-electron chi connectivity index (χ4n) is 3.06. The number of hydrogen-bond acceptors (Lipinski definition) is 3. The lowest BCUT2D eigenvalue weighted by Gasteiger charge is -2.32. The van der Waals surface area contributed by atoms with Crippen LogP contribution in [-0.4, -0.2) is 55.1 Å². The van der Waals surface area contributed by atoms with Crippen LogP contribution in [-0.2, 0) is 12.8 Å². The molecule has 5 heteroatoms. The number of rotatable bonds is 10. The van der Waals surface area contributed by atoms with Crippen LogP contribution in [0.25, 0.3) is 0 Å². The molecular weight excluding hydrogens is 354 g/mol. The number of amides is 2. The first kappa shape index (κ1) is 21.2. The van der Waals surface area contributed by atoms with Crippen molar-refractivity contribution in [2.24, 2.45) is 0 Å². The Bertz CT molecular complexity index is 685. The molecule has 4 nitrogen and oxygen atoms in total. The van der Waals surface area contributed by atoms with Crippen LogP contribution >= 0.6 is 11.3 Å². The molecule has 146 valence electrons. The molecule has 1 N–H and O–H groups in total. The summed E-state index contributed by atoms with van der Waals surface area (Å²) in [5, 5.41) is 7.34. The van der Waals surface area contributed by atoms with E-state index in [-0.39, 0.29) is 18.1 Å². The Labute approximate surface area is 167 Å². The van der Waals surface area contributed by atoms with Gasteiger partial charge in [-0.2, -0.15) is 11.3 Å². The zero-order valence-electron chi connectivity index (χ0n) is 16.6. The highest BCUT2D eigenvalue weighted by Crippen LogP contribution is 2.11. The van der Waals surface area contributed by atoms with E-state index in [4.69, 9.17) is 0 Å². The lowest BCUT2D eigenvalue weighted by atomic mass is 10.0. The van der Waals surface area contributed by atoms with Gasteiger partial charge in [0, 0.05) is 25.2 Å². The number of nitrogens with one attached hydrogen (secondary N) is 1. The van der Waals surface area contributed by atoms with Crippen molar-refractivity contribution in [3.63, 3.8) is 0 Å². The van der Waals surface area contributed by atoms with Crippen molar-refractivity contribution >= 4 is 17.4 Å². The maximum atomic E-state index is 12.8. The Kier molecular flexibility index (Phi) is 8.55. The van der Waals surface area contributed by atoms with Gasteiger partial charge in [0.25, 0.3) is 0 Å². The van der Waals surface area contributed by atoms with Crippen LogP contribution in [0.1, 0.15) is 18.1 Å². The minimum Gasteiger partial charge on any atom is -0.335 e. The summed E-state index contributed by atoms with van der Waals surface area (Å²) in [7, 11) is 4.13. The van der Waals surface area contributed by atoms with E-state index >= 15 is 0 Å². The Morgan fingerprint density at radius 1 is 1.19 bits per heavy atom. The molecule has 2 rings (SSSR count). The average molecular weight is 386 g/mol. The monoisotopic (exact) mass is 385 g/mol. The molecule has 0 radical (unpaired) electrons. The van der Waals surface area contributed by atoms with Gasteiger partial charge in [-0.3, -0.25) is 0 Å². The summed E-state index contributed by atoms with van der Waals surface area (Å²) < 4.78 is 0. The minimum atomic E-state index is -0.0301. The molecule has 2 atom stereocenters. The number of likely N-dealkylation sites (N-methyl/N-ethyl adjacent to an activating group) is 1. The Morgan fingerprint density at radius 3 is 2.52 bits per heavy atom. The van der Waals surface area contributed by atoms with Crippen molar-refractivity contribution in [2.45, 2.75) is 31.8 Å². The van der Waals surface area contributed by atoms with Crippen LogP contribution in [0.2, 0.25) is 0 Å². The first-order valence-corrected chi connectivity index (χ1v) is 10.3. The highest BCUT2D eigenvalue weighted by Gasteiger charge is 2.21. The van der Waals surface area contributed by atoms with Gasteiger partial charge in [0.1, 0.15) is 0 Å². The zero-order valence-corrected chi connectivity index (χ0v) is 17.4. The van der Waals surface area contributed by atoms with Gasteiger partial charge in [0.2, 0.25) is 0 Å². The zero-order chi connectivity index (χ0) is 19.6. The number of urea groups is 1. The molecule has 1 heterocycles. The summed E-state index contributed by atoms with van der Waals surface area (Å²) in [4.78, 5) is 16.9. The molecule has 0 aliphatic heterocycles. The lowest BCUT2D eigenvalue weighted by molar-refractivity contribution is 0.174. The molecule has 0 aliphatic carbocycles. The van der Waals surface area contributed by atoms with Crippen LogP contribution < -0.4 is 5.32 Å². The molecule has 0 aliphatic rings. The number of hydrogen-bond donors (Lipinski definition) is 1.